The summed E-state index contributed by atoms with van der Waals surface area (Å²) in [6.07, 6.45) is -2.10. The van der Waals surface area contributed by atoms with Crippen LogP contribution in [0.15, 0.2) is 0 Å². The minimum absolute atomic E-state index is 0.254. The zero-order chi connectivity index (χ0) is 10.2. The summed E-state index contributed by atoms with van der Waals surface area (Å²) < 4.78 is 39.4. The summed E-state index contributed by atoms with van der Waals surface area (Å²) in [5.74, 6) is 1.06. The number of alkyl halides is 3. The molecule has 7 heteroatoms. The number of anilines is 1. The Labute approximate surface area is 82.5 Å². The molecule has 0 aromatic carbocycles. The minimum atomic E-state index is -4.20. The van der Waals surface area contributed by atoms with E-state index >= 15 is 0 Å². The van der Waals surface area contributed by atoms with E-state index in [0.29, 0.717) is 11.7 Å². The van der Waals surface area contributed by atoms with Gasteiger partial charge in [-0.3, -0.25) is 0 Å². The number of nitrogens with one attached hydrogen (secondary N) is 1. The summed E-state index contributed by atoms with van der Waals surface area (Å²) >= 11 is 0.986. The maximum Gasteiger partial charge on any atom is 0.405 e. The first-order chi connectivity index (χ1) is 6.54. The molecule has 0 saturated heterocycles. The summed E-state index contributed by atoms with van der Waals surface area (Å²) in [6, 6.07) is 0. The summed E-state index contributed by atoms with van der Waals surface area (Å²) in [4.78, 5) is 3.97. The average Bonchev–Trinajstić information content (AvgIpc) is 2.81. The fraction of sp³-hybridized carbons (Fsp3) is 0.714. The van der Waals surface area contributed by atoms with Gasteiger partial charge in [-0.05, 0) is 12.8 Å². The second-order valence-corrected chi connectivity index (χ2v) is 3.95. The van der Waals surface area contributed by atoms with Crippen LogP contribution in [-0.4, -0.2) is 22.1 Å². The molecule has 0 atom stereocenters. The molecule has 1 fully saturated rings. The molecule has 1 N–H and O–H groups in total. The second kappa shape index (κ2) is 3.38. The predicted molar refractivity (Wildman–Crippen MR) is 46.4 cm³/mol. The van der Waals surface area contributed by atoms with Crippen LogP contribution in [-0.2, 0) is 0 Å². The molecule has 78 valence electrons. The van der Waals surface area contributed by atoms with Crippen LogP contribution in [0.1, 0.15) is 24.6 Å². The van der Waals surface area contributed by atoms with Gasteiger partial charge >= 0.3 is 6.18 Å². The van der Waals surface area contributed by atoms with E-state index in [-0.39, 0.29) is 5.13 Å². The lowest BCUT2D eigenvalue weighted by Gasteiger charge is -2.05. The maximum atomic E-state index is 11.8. The van der Waals surface area contributed by atoms with E-state index in [4.69, 9.17) is 0 Å². The maximum absolute atomic E-state index is 11.8. The number of rotatable bonds is 3. The molecule has 14 heavy (non-hydrogen) atoms. The first-order valence-corrected chi connectivity index (χ1v) is 4.96. The number of hydrogen-bond donors (Lipinski definition) is 1. The van der Waals surface area contributed by atoms with Crippen molar-refractivity contribution in [2.45, 2.75) is 24.9 Å². The van der Waals surface area contributed by atoms with Gasteiger partial charge in [-0.2, -0.15) is 17.5 Å². The van der Waals surface area contributed by atoms with E-state index in [0.717, 1.165) is 24.4 Å². The minimum Gasteiger partial charge on any atom is -0.351 e. The van der Waals surface area contributed by atoms with Crippen LogP contribution in [0, 0.1) is 0 Å². The average molecular weight is 223 g/mol. The van der Waals surface area contributed by atoms with Gasteiger partial charge in [-0.1, -0.05) is 0 Å². The van der Waals surface area contributed by atoms with Gasteiger partial charge in [0.05, 0.1) is 0 Å². The number of aromatic nitrogens is 2. The molecule has 1 saturated carbocycles. The first kappa shape index (κ1) is 9.70. The Morgan fingerprint density at radius 1 is 1.43 bits per heavy atom. The normalized spacial score (nSPS) is 17.1. The predicted octanol–water partition coefficient (Wildman–Crippen LogP) is 2.39. The second-order valence-electron chi connectivity index (χ2n) is 3.20. The highest BCUT2D eigenvalue weighted by atomic mass is 32.1. The van der Waals surface area contributed by atoms with E-state index in [1.807, 2.05) is 0 Å². The van der Waals surface area contributed by atoms with Gasteiger partial charge in [0.25, 0.3) is 0 Å². The lowest BCUT2D eigenvalue weighted by Crippen LogP contribution is -2.21. The van der Waals surface area contributed by atoms with E-state index in [1.165, 1.54) is 0 Å². The molecular formula is C7H8F3N3S. The Balaban J connectivity index is 1.90. The van der Waals surface area contributed by atoms with Gasteiger partial charge in [0.15, 0.2) is 0 Å². The largest absolute Gasteiger partial charge is 0.405 e. The Kier molecular flexibility index (Phi) is 2.34. The smallest absolute Gasteiger partial charge is 0.351 e. The highest BCUT2D eigenvalue weighted by molar-refractivity contribution is 7.09. The molecule has 0 amide bonds. The summed E-state index contributed by atoms with van der Waals surface area (Å²) in [5, 5.41) is 2.46. The van der Waals surface area contributed by atoms with Crippen LogP contribution in [0.3, 0.4) is 0 Å². The summed E-state index contributed by atoms with van der Waals surface area (Å²) in [5.41, 5.74) is 0. The number of halogens is 3. The van der Waals surface area contributed by atoms with Crippen LogP contribution in [0.4, 0.5) is 18.3 Å². The molecule has 1 aliphatic rings. The Bertz CT molecular complexity index is 318. The molecule has 0 spiro atoms. The van der Waals surface area contributed by atoms with Crippen molar-refractivity contribution in [2.24, 2.45) is 0 Å². The van der Waals surface area contributed by atoms with E-state index in [2.05, 4.69) is 14.7 Å². The third-order valence-corrected chi connectivity index (χ3v) is 2.51. The third-order valence-electron chi connectivity index (χ3n) is 1.82. The molecule has 1 aromatic rings. The monoisotopic (exact) mass is 223 g/mol. The zero-order valence-electron chi connectivity index (χ0n) is 7.14. The van der Waals surface area contributed by atoms with Crippen LogP contribution in [0.2, 0.25) is 0 Å². The van der Waals surface area contributed by atoms with Crippen molar-refractivity contribution in [2.75, 3.05) is 11.9 Å². The van der Waals surface area contributed by atoms with Crippen LogP contribution in [0.5, 0.6) is 0 Å². The molecule has 2 rings (SSSR count). The quantitative estimate of drug-likeness (QED) is 0.854. The Morgan fingerprint density at radius 3 is 2.71 bits per heavy atom. The van der Waals surface area contributed by atoms with Crippen molar-refractivity contribution in [3.63, 3.8) is 0 Å². The number of nitrogens with zero attached hydrogens (tertiary/aromatic N) is 2. The molecule has 0 bridgehead atoms. The zero-order valence-corrected chi connectivity index (χ0v) is 7.95. The van der Waals surface area contributed by atoms with Crippen molar-refractivity contribution in [3.05, 3.63) is 5.82 Å². The number of hydrogen-bond acceptors (Lipinski definition) is 4. The topological polar surface area (TPSA) is 37.8 Å². The Morgan fingerprint density at radius 2 is 2.14 bits per heavy atom. The van der Waals surface area contributed by atoms with Crippen molar-refractivity contribution >= 4 is 16.7 Å². The Hall–Kier alpha value is -0.850. The lowest BCUT2D eigenvalue weighted by molar-refractivity contribution is -0.115. The van der Waals surface area contributed by atoms with Gasteiger partial charge in [-0.15, -0.1) is 0 Å². The molecule has 1 heterocycles. The summed E-state index contributed by atoms with van der Waals surface area (Å²) in [7, 11) is 0. The molecule has 0 unspecified atom stereocenters. The SMILES string of the molecule is FC(F)(F)CNc1nc(C2CC2)ns1. The van der Waals surface area contributed by atoms with Crippen LogP contribution in [0.25, 0.3) is 0 Å². The molecule has 1 aliphatic carbocycles. The van der Waals surface area contributed by atoms with E-state index in [9.17, 15) is 13.2 Å². The van der Waals surface area contributed by atoms with Crippen molar-refractivity contribution in [3.8, 4) is 0 Å². The van der Waals surface area contributed by atoms with Gasteiger partial charge in [0.1, 0.15) is 12.4 Å². The molecule has 0 radical (unpaired) electrons. The fourth-order valence-electron chi connectivity index (χ4n) is 0.990. The van der Waals surface area contributed by atoms with Gasteiger partial charge < -0.3 is 5.32 Å². The standard InChI is InChI=1S/C7H8F3N3S/c8-7(9,10)3-11-6-12-5(13-14-6)4-1-2-4/h4H,1-3H2,(H,11,12,13). The molecule has 1 aromatic heterocycles. The van der Waals surface area contributed by atoms with Crippen molar-refractivity contribution < 1.29 is 13.2 Å². The van der Waals surface area contributed by atoms with Crippen molar-refractivity contribution in [1.82, 2.24) is 9.36 Å². The van der Waals surface area contributed by atoms with Gasteiger partial charge in [-0.25, -0.2) is 4.98 Å². The summed E-state index contributed by atoms with van der Waals surface area (Å²) in [6.45, 7) is -1.05. The van der Waals surface area contributed by atoms with Crippen molar-refractivity contribution in [1.29, 1.82) is 0 Å². The van der Waals surface area contributed by atoms with Crippen LogP contribution >= 0.6 is 11.5 Å². The van der Waals surface area contributed by atoms with E-state index in [1.54, 1.807) is 0 Å². The molecular weight excluding hydrogens is 215 g/mol. The lowest BCUT2D eigenvalue weighted by atomic mass is 10.4. The van der Waals surface area contributed by atoms with E-state index < -0.39 is 12.7 Å². The van der Waals surface area contributed by atoms with Gasteiger partial charge in [0.2, 0.25) is 5.13 Å². The highest BCUT2D eigenvalue weighted by Gasteiger charge is 2.29. The fourth-order valence-corrected chi connectivity index (χ4v) is 1.63. The molecule has 0 aliphatic heterocycles. The highest BCUT2D eigenvalue weighted by Crippen LogP contribution is 2.39. The third kappa shape index (κ3) is 2.57. The van der Waals surface area contributed by atoms with Crippen LogP contribution < -0.4 is 5.32 Å². The first-order valence-electron chi connectivity index (χ1n) is 4.19. The molecule has 3 nitrogen and oxygen atoms in total. The van der Waals surface area contributed by atoms with Gasteiger partial charge in [0, 0.05) is 17.5 Å².